The van der Waals surface area contributed by atoms with E-state index in [4.69, 9.17) is 4.98 Å². The van der Waals surface area contributed by atoms with Crippen molar-refractivity contribution in [2.45, 2.75) is 31.7 Å². The Hall–Kier alpha value is -1.66. The van der Waals surface area contributed by atoms with E-state index in [1.165, 1.54) is 36.5 Å². The van der Waals surface area contributed by atoms with E-state index in [9.17, 15) is 0 Å². The summed E-state index contributed by atoms with van der Waals surface area (Å²) in [5.41, 5.74) is 1.39. The zero-order valence-corrected chi connectivity index (χ0v) is 15.4. The minimum atomic E-state index is 0.701. The predicted molar refractivity (Wildman–Crippen MR) is 103 cm³/mol. The molecule has 0 unspecified atom stereocenters. The van der Waals surface area contributed by atoms with E-state index in [2.05, 4.69) is 31.8 Å². The number of nitrogens with zero attached hydrogens (tertiary/aromatic N) is 5. The van der Waals surface area contributed by atoms with E-state index in [1.54, 1.807) is 4.88 Å². The lowest BCUT2D eigenvalue weighted by Gasteiger charge is -2.48. The molecule has 1 aliphatic carbocycles. The molecule has 132 valence electrons. The number of thiazole rings is 1. The highest BCUT2D eigenvalue weighted by Gasteiger charge is 2.35. The number of pyridine rings is 1. The second-order valence-corrected chi connectivity index (χ2v) is 8.41. The molecule has 5 rings (SSSR count). The summed E-state index contributed by atoms with van der Waals surface area (Å²) in [4.78, 5) is 18.5. The molecule has 25 heavy (non-hydrogen) atoms. The maximum Gasteiger partial charge on any atom is 0.185 e. The first-order valence-corrected chi connectivity index (χ1v) is 10.3. The van der Waals surface area contributed by atoms with E-state index in [-0.39, 0.29) is 0 Å². The van der Waals surface area contributed by atoms with Crippen molar-refractivity contribution in [2.24, 2.45) is 0 Å². The first-order chi connectivity index (χ1) is 12.4. The molecule has 0 saturated carbocycles. The lowest BCUT2D eigenvalue weighted by Crippen LogP contribution is -2.63. The highest BCUT2D eigenvalue weighted by Crippen LogP contribution is 2.34. The van der Waals surface area contributed by atoms with Crippen molar-refractivity contribution in [3.8, 4) is 0 Å². The fraction of sp³-hybridized carbons (Fsp3) is 0.579. The summed E-state index contributed by atoms with van der Waals surface area (Å²) in [7, 11) is 0. The average Bonchev–Trinajstić information content (AvgIpc) is 3.05. The highest BCUT2D eigenvalue weighted by atomic mass is 32.1. The van der Waals surface area contributed by atoms with Gasteiger partial charge in [-0.1, -0.05) is 6.07 Å². The van der Waals surface area contributed by atoms with Crippen LogP contribution in [0.5, 0.6) is 0 Å². The topological polar surface area (TPSA) is 35.5 Å². The molecule has 3 aliphatic rings. The van der Waals surface area contributed by atoms with Crippen LogP contribution in [0.4, 0.5) is 10.9 Å². The minimum Gasteiger partial charge on any atom is -0.354 e. The first-order valence-electron chi connectivity index (χ1n) is 9.50. The van der Waals surface area contributed by atoms with E-state index >= 15 is 0 Å². The molecule has 0 bridgehead atoms. The molecule has 0 aromatic carbocycles. The number of aryl methyl sites for hydroxylation is 2. The van der Waals surface area contributed by atoms with E-state index in [0.29, 0.717) is 6.04 Å². The van der Waals surface area contributed by atoms with Crippen LogP contribution < -0.4 is 9.80 Å². The predicted octanol–water partition coefficient (Wildman–Crippen LogP) is 2.43. The van der Waals surface area contributed by atoms with Crippen LogP contribution in [-0.2, 0) is 12.8 Å². The van der Waals surface area contributed by atoms with Gasteiger partial charge in [0, 0.05) is 56.4 Å². The van der Waals surface area contributed by atoms with Crippen LogP contribution in [-0.4, -0.2) is 60.2 Å². The molecule has 2 aromatic heterocycles. The molecule has 2 aliphatic heterocycles. The Labute approximate surface area is 153 Å². The molecule has 4 heterocycles. The van der Waals surface area contributed by atoms with Crippen molar-refractivity contribution < 1.29 is 0 Å². The summed E-state index contributed by atoms with van der Waals surface area (Å²) in [6, 6.07) is 6.88. The van der Waals surface area contributed by atoms with Gasteiger partial charge in [-0.2, -0.15) is 0 Å². The summed E-state index contributed by atoms with van der Waals surface area (Å²) in [6.45, 7) is 6.75. The molecule has 0 atom stereocenters. The summed E-state index contributed by atoms with van der Waals surface area (Å²) in [5.74, 6) is 1.12. The Kier molecular flexibility index (Phi) is 4.10. The third kappa shape index (κ3) is 3.02. The summed E-state index contributed by atoms with van der Waals surface area (Å²) >= 11 is 1.95. The smallest absolute Gasteiger partial charge is 0.185 e. The molecule has 6 heteroatoms. The molecule has 5 nitrogen and oxygen atoms in total. The number of aromatic nitrogens is 2. The Morgan fingerprint density at radius 1 is 0.960 bits per heavy atom. The monoisotopic (exact) mass is 355 g/mol. The zero-order valence-electron chi connectivity index (χ0n) is 14.6. The average molecular weight is 356 g/mol. The van der Waals surface area contributed by atoms with Gasteiger partial charge in [-0.05, 0) is 37.8 Å². The largest absolute Gasteiger partial charge is 0.354 e. The molecule has 0 N–H and O–H groups in total. The standard InChI is InChI=1S/C19H25N5S/c1-2-6-17-16(5-1)21-19(25-17)24-13-15(14-24)22-9-11-23(12-10-22)18-7-3-4-8-20-18/h3-4,7-8,15H,1-2,5-6,9-14H2. The van der Waals surface area contributed by atoms with Crippen molar-refractivity contribution in [1.82, 2.24) is 14.9 Å². The van der Waals surface area contributed by atoms with Gasteiger partial charge in [0.25, 0.3) is 0 Å². The lowest BCUT2D eigenvalue weighted by atomic mass is 10.0. The highest BCUT2D eigenvalue weighted by molar-refractivity contribution is 7.15. The van der Waals surface area contributed by atoms with Crippen molar-refractivity contribution in [3.63, 3.8) is 0 Å². The molecule has 0 amide bonds. The van der Waals surface area contributed by atoms with Crippen molar-refractivity contribution in [3.05, 3.63) is 35.0 Å². The molecule has 0 spiro atoms. The van der Waals surface area contributed by atoms with Gasteiger partial charge in [0.15, 0.2) is 5.13 Å². The van der Waals surface area contributed by atoms with Crippen molar-refractivity contribution in [2.75, 3.05) is 49.1 Å². The van der Waals surface area contributed by atoms with E-state index in [0.717, 1.165) is 45.1 Å². The summed E-state index contributed by atoms with van der Waals surface area (Å²) in [6.07, 6.45) is 6.99. The SMILES string of the molecule is c1ccc(N2CCN(C3CN(c4nc5c(s4)CCCC5)C3)CC2)nc1. The van der Waals surface area contributed by atoms with Gasteiger partial charge in [-0.25, -0.2) is 9.97 Å². The quantitative estimate of drug-likeness (QED) is 0.845. The van der Waals surface area contributed by atoms with Gasteiger partial charge in [-0.15, -0.1) is 11.3 Å². The number of fused-ring (bicyclic) bond motifs is 1. The number of anilines is 2. The molecule has 2 fully saturated rings. The van der Waals surface area contributed by atoms with Gasteiger partial charge in [-0.3, -0.25) is 4.90 Å². The van der Waals surface area contributed by atoms with Crippen LogP contribution in [0.2, 0.25) is 0 Å². The number of piperazine rings is 1. The first kappa shape index (κ1) is 15.6. The maximum atomic E-state index is 4.91. The van der Waals surface area contributed by atoms with Gasteiger partial charge in [0.05, 0.1) is 5.69 Å². The van der Waals surface area contributed by atoms with Gasteiger partial charge in [0.2, 0.25) is 0 Å². The van der Waals surface area contributed by atoms with Crippen LogP contribution in [0.3, 0.4) is 0 Å². The van der Waals surface area contributed by atoms with Crippen molar-refractivity contribution in [1.29, 1.82) is 0 Å². The summed E-state index contributed by atoms with van der Waals surface area (Å²) < 4.78 is 0. The van der Waals surface area contributed by atoms with Crippen LogP contribution in [0.1, 0.15) is 23.4 Å². The van der Waals surface area contributed by atoms with Gasteiger partial charge in [0.1, 0.15) is 5.82 Å². The number of hydrogen-bond donors (Lipinski definition) is 0. The van der Waals surface area contributed by atoms with Gasteiger partial charge < -0.3 is 9.80 Å². The molecule has 2 aromatic rings. The normalized spacial score (nSPS) is 21.9. The van der Waals surface area contributed by atoms with Crippen LogP contribution in [0.15, 0.2) is 24.4 Å². The molecule has 2 saturated heterocycles. The Morgan fingerprint density at radius 2 is 1.80 bits per heavy atom. The number of hydrogen-bond acceptors (Lipinski definition) is 6. The Balaban J connectivity index is 1.15. The second kappa shape index (κ2) is 6.57. The molecular formula is C19H25N5S. The number of rotatable bonds is 3. The zero-order chi connectivity index (χ0) is 16.6. The Morgan fingerprint density at radius 3 is 2.56 bits per heavy atom. The second-order valence-electron chi connectivity index (χ2n) is 7.34. The third-order valence-corrected chi connectivity index (χ3v) is 6.99. The fourth-order valence-corrected chi connectivity index (χ4v) is 5.34. The van der Waals surface area contributed by atoms with E-state index < -0.39 is 0 Å². The van der Waals surface area contributed by atoms with Crippen LogP contribution in [0, 0.1) is 0 Å². The minimum absolute atomic E-state index is 0.701. The third-order valence-electron chi connectivity index (χ3n) is 5.77. The van der Waals surface area contributed by atoms with E-state index in [1.807, 2.05) is 23.6 Å². The van der Waals surface area contributed by atoms with Crippen molar-refractivity contribution >= 4 is 22.3 Å². The Bertz CT molecular complexity index is 693. The van der Waals surface area contributed by atoms with Gasteiger partial charge >= 0.3 is 0 Å². The van der Waals surface area contributed by atoms with Crippen LogP contribution >= 0.6 is 11.3 Å². The van der Waals surface area contributed by atoms with Crippen LogP contribution in [0.25, 0.3) is 0 Å². The molecular weight excluding hydrogens is 330 g/mol. The maximum absolute atomic E-state index is 4.91. The summed E-state index contributed by atoms with van der Waals surface area (Å²) in [5, 5.41) is 1.27. The molecule has 0 radical (unpaired) electrons. The fourth-order valence-electron chi connectivity index (χ4n) is 4.17. The lowest BCUT2D eigenvalue weighted by molar-refractivity contribution is 0.157.